The average Bonchev–Trinajstić information content (AvgIpc) is 3.13. The molecule has 0 bridgehead atoms. The highest BCUT2D eigenvalue weighted by molar-refractivity contribution is 5.89. The molecule has 4 aromatic rings. The van der Waals surface area contributed by atoms with Crippen molar-refractivity contribution in [2.24, 2.45) is 0 Å². The summed E-state index contributed by atoms with van der Waals surface area (Å²) >= 11 is 0. The number of rotatable bonds is 2. The lowest BCUT2D eigenvalue weighted by Gasteiger charge is -2.30. The van der Waals surface area contributed by atoms with Gasteiger partial charge in [0, 0.05) is 17.3 Å². The normalized spacial score (nSPS) is 19.7. The Hall–Kier alpha value is -3.58. The number of para-hydroxylation sites is 1. The Morgan fingerprint density at radius 1 is 0.655 bits per heavy atom. The molecule has 29 heavy (non-hydrogen) atoms. The summed E-state index contributed by atoms with van der Waals surface area (Å²) in [5.74, 6) is 0.380. The highest BCUT2D eigenvalue weighted by Crippen LogP contribution is 2.49. The second-order valence-corrected chi connectivity index (χ2v) is 7.82. The third-order valence-electron chi connectivity index (χ3n) is 6.17. The van der Waals surface area contributed by atoms with Crippen LogP contribution in [0.5, 0.6) is 0 Å². The van der Waals surface area contributed by atoms with E-state index < -0.39 is 0 Å². The van der Waals surface area contributed by atoms with E-state index in [1.54, 1.807) is 0 Å². The minimum absolute atomic E-state index is 0.286. The Kier molecular flexibility index (Phi) is 3.67. The fourth-order valence-corrected chi connectivity index (χ4v) is 4.80. The zero-order chi connectivity index (χ0) is 19.2. The lowest BCUT2D eigenvalue weighted by Crippen LogP contribution is -2.29. The maximum atomic E-state index is 2.51. The Bertz CT molecular complexity index is 1270. The summed E-state index contributed by atoms with van der Waals surface area (Å²) in [6.45, 7) is 0. The van der Waals surface area contributed by atoms with E-state index in [1.165, 1.54) is 38.8 Å². The second kappa shape index (κ2) is 6.49. The van der Waals surface area contributed by atoms with Gasteiger partial charge in [-0.25, -0.2) is 0 Å². The van der Waals surface area contributed by atoms with E-state index in [2.05, 4.69) is 120 Å². The molecule has 1 heterocycles. The molecule has 1 aliphatic heterocycles. The summed E-state index contributed by atoms with van der Waals surface area (Å²) in [7, 11) is 0. The summed E-state index contributed by atoms with van der Waals surface area (Å²) in [6, 6.07) is 35.2. The molecule has 2 aliphatic rings. The molecule has 0 amide bonds. The van der Waals surface area contributed by atoms with Crippen LogP contribution in [-0.2, 0) is 0 Å². The zero-order valence-corrected chi connectivity index (χ0v) is 16.1. The Morgan fingerprint density at radius 2 is 1.41 bits per heavy atom. The van der Waals surface area contributed by atoms with Gasteiger partial charge in [-0.15, -0.1) is 0 Å². The van der Waals surface area contributed by atoms with Crippen LogP contribution < -0.4 is 4.90 Å². The first-order valence-electron chi connectivity index (χ1n) is 10.2. The summed E-state index contributed by atoms with van der Waals surface area (Å²) in [4.78, 5) is 2.51. The van der Waals surface area contributed by atoms with E-state index in [0.29, 0.717) is 5.92 Å². The van der Waals surface area contributed by atoms with Crippen LogP contribution >= 0.6 is 0 Å². The number of hydrogen-bond acceptors (Lipinski definition) is 1. The van der Waals surface area contributed by atoms with Gasteiger partial charge in [0.1, 0.15) is 0 Å². The van der Waals surface area contributed by atoms with Crippen molar-refractivity contribution in [3.05, 3.63) is 126 Å². The molecule has 0 saturated carbocycles. The van der Waals surface area contributed by atoms with Crippen molar-refractivity contribution >= 4 is 27.7 Å². The van der Waals surface area contributed by atoms with Gasteiger partial charge in [-0.3, -0.25) is 0 Å². The first-order chi connectivity index (χ1) is 14.4. The van der Waals surface area contributed by atoms with Crippen LogP contribution in [0, 0.1) is 0 Å². The maximum absolute atomic E-state index is 2.51. The van der Waals surface area contributed by atoms with Gasteiger partial charge in [0.2, 0.25) is 0 Å². The molecule has 1 nitrogen and oxygen atoms in total. The molecule has 1 aliphatic carbocycles. The van der Waals surface area contributed by atoms with E-state index in [4.69, 9.17) is 0 Å². The van der Waals surface area contributed by atoms with Crippen LogP contribution in [0.25, 0.3) is 16.3 Å². The van der Waals surface area contributed by atoms with Crippen LogP contribution in [0.4, 0.5) is 11.4 Å². The van der Waals surface area contributed by atoms with Crippen LogP contribution in [0.1, 0.15) is 17.0 Å². The molecule has 0 aromatic heterocycles. The van der Waals surface area contributed by atoms with Gasteiger partial charge in [0.05, 0.1) is 6.04 Å². The van der Waals surface area contributed by atoms with Crippen LogP contribution in [-0.4, -0.2) is 6.04 Å². The molecular weight excluding hydrogens is 350 g/mol. The van der Waals surface area contributed by atoms with Crippen molar-refractivity contribution in [1.29, 1.82) is 0 Å². The first kappa shape index (κ1) is 16.4. The smallest absolute Gasteiger partial charge is 0.0635 e. The average molecular weight is 371 g/mol. The van der Waals surface area contributed by atoms with Gasteiger partial charge in [-0.1, -0.05) is 97.1 Å². The molecule has 0 saturated heterocycles. The number of nitrogens with zero attached hydrogens (tertiary/aromatic N) is 1. The van der Waals surface area contributed by atoms with Crippen molar-refractivity contribution in [2.75, 3.05) is 4.90 Å². The molecule has 0 fully saturated rings. The Labute approximate surface area is 171 Å². The molecule has 0 spiro atoms. The summed E-state index contributed by atoms with van der Waals surface area (Å²) < 4.78 is 0. The molecule has 6 rings (SSSR count). The van der Waals surface area contributed by atoms with E-state index >= 15 is 0 Å². The van der Waals surface area contributed by atoms with Crippen molar-refractivity contribution in [3.8, 4) is 0 Å². The fourth-order valence-electron chi connectivity index (χ4n) is 4.80. The minimum atomic E-state index is 0.286. The number of benzene rings is 4. The topological polar surface area (TPSA) is 3.24 Å². The molecule has 138 valence electrons. The molecule has 0 N–H and O–H groups in total. The zero-order valence-electron chi connectivity index (χ0n) is 16.1. The quantitative estimate of drug-likeness (QED) is 0.363. The van der Waals surface area contributed by atoms with Gasteiger partial charge in [-0.05, 0) is 45.7 Å². The monoisotopic (exact) mass is 371 g/mol. The van der Waals surface area contributed by atoms with Gasteiger partial charge in [-0.2, -0.15) is 0 Å². The Balaban J connectivity index is 1.51. The van der Waals surface area contributed by atoms with Crippen molar-refractivity contribution < 1.29 is 0 Å². The maximum Gasteiger partial charge on any atom is 0.0635 e. The van der Waals surface area contributed by atoms with Crippen LogP contribution in [0.2, 0.25) is 0 Å². The molecule has 4 aromatic carbocycles. The molecule has 1 heteroatoms. The molecule has 2 unspecified atom stereocenters. The van der Waals surface area contributed by atoms with Gasteiger partial charge in [0.15, 0.2) is 0 Å². The SMILES string of the molecule is C1=CC2c3ccccc3N(c3ccc4ccccc4c3)C2C=C1c1ccccc1. The third-order valence-corrected chi connectivity index (χ3v) is 6.17. The van der Waals surface area contributed by atoms with Gasteiger partial charge >= 0.3 is 0 Å². The van der Waals surface area contributed by atoms with E-state index in [0.717, 1.165) is 0 Å². The van der Waals surface area contributed by atoms with Gasteiger partial charge < -0.3 is 4.90 Å². The summed E-state index contributed by atoms with van der Waals surface area (Å²) in [5, 5.41) is 2.56. The highest BCUT2D eigenvalue weighted by Gasteiger charge is 2.38. The number of anilines is 2. The third kappa shape index (κ3) is 2.62. The standard InChI is InChI=1S/C28H21N/c1-2-8-20(9-3-1)23-15-17-26-25-12-6-7-13-27(25)29(28(26)19-23)24-16-14-21-10-4-5-11-22(21)18-24/h1-19,26,28H. The Morgan fingerprint density at radius 3 is 2.31 bits per heavy atom. The summed E-state index contributed by atoms with van der Waals surface area (Å²) in [6.07, 6.45) is 7.11. The molecular formula is C28H21N. The van der Waals surface area contributed by atoms with Crippen molar-refractivity contribution in [3.63, 3.8) is 0 Å². The predicted molar refractivity (Wildman–Crippen MR) is 123 cm³/mol. The minimum Gasteiger partial charge on any atom is -0.333 e. The van der Waals surface area contributed by atoms with Gasteiger partial charge in [0.25, 0.3) is 0 Å². The largest absolute Gasteiger partial charge is 0.333 e. The molecule has 0 radical (unpaired) electrons. The lowest BCUT2D eigenvalue weighted by atomic mass is 9.87. The highest BCUT2D eigenvalue weighted by atomic mass is 15.2. The van der Waals surface area contributed by atoms with E-state index in [1.807, 2.05) is 0 Å². The molecule has 2 atom stereocenters. The first-order valence-corrected chi connectivity index (χ1v) is 10.2. The number of fused-ring (bicyclic) bond motifs is 4. The van der Waals surface area contributed by atoms with Crippen LogP contribution in [0.15, 0.2) is 115 Å². The van der Waals surface area contributed by atoms with Crippen molar-refractivity contribution in [1.82, 2.24) is 0 Å². The summed E-state index contributed by atoms with van der Waals surface area (Å²) in [5.41, 5.74) is 6.54. The second-order valence-electron chi connectivity index (χ2n) is 7.82. The van der Waals surface area contributed by atoms with E-state index in [9.17, 15) is 0 Å². The number of allylic oxidation sites excluding steroid dienone is 2. The number of hydrogen-bond donors (Lipinski definition) is 0. The fraction of sp³-hybridized carbons (Fsp3) is 0.0714. The van der Waals surface area contributed by atoms with E-state index in [-0.39, 0.29) is 6.04 Å². The van der Waals surface area contributed by atoms with Crippen molar-refractivity contribution in [2.45, 2.75) is 12.0 Å². The van der Waals surface area contributed by atoms with Crippen LogP contribution in [0.3, 0.4) is 0 Å². The predicted octanol–water partition coefficient (Wildman–Crippen LogP) is 7.10. The lowest BCUT2D eigenvalue weighted by molar-refractivity contribution is 0.747.